The lowest BCUT2D eigenvalue weighted by atomic mass is 9.95. The Morgan fingerprint density at radius 1 is 1.29 bits per heavy atom. The number of piperidine rings is 1. The van der Waals surface area contributed by atoms with Crippen LogP contribution >= 0.6 is 0 Å². The lowest BCUT2D eigenvalue weighted by Gasteiger charge is -2.41. The number of sulfonamides is 1. The SMILES string of the molecule is C[C@@H]1CCC[C@H](C)N1c1ccc(S(N)(=O)=O)cc1C(=O)O. The van der Waals surface area contributed by atoms with Crippen molar-refractivity contribution in [3.63, 3.8) is 0 Å². The highest BCUT2D eigenvalue weighted by Gasteiger charge is 2.28. The zero-order valence-corrected chi connectivity index (χ0v) is 12.9. The summed E-state index contributed by atoms with van der Waals surface area (Å²) >= 11 is 0. The number of carboxylic acids is 1. The molecule has 0 spiro atoms. The molecule has 1 aromatic carbocycles. The molecule has 0 aliphatic carbocycles. The van der Waals surface area contributed by atoms with Crippen molar-refractivity contribution in [3.05, 3.63) is 23.8 Å². The molecule has 0 saturated carbocycles. The van der Waals surface area contributed by atoms with Crippen LogP contribution in [0.15, 0.2) is 23.1 Å². The number of rotatable bonds is 3. The molecular weight excluding hydrogens is 292 g/mol. The number of nitrogens with zero attached hydrogens (tertiary/aromatic N) is 1. The molecule has 0 unspecified atom stereocenters. The van der Waals surface area contributed by atoms with Gasteiger partial charge in [0, 0.05) is 12.1 Å². The molecule has 0 amide bonds. The smallest absolute Gasteiger partial charge is 0.337 e. The summed E-state index contributed by atoms with van der Waals surface area (Å²) < 4.78 is 22.8. The van der Waals surface area contributed by atoms with E-state index in [1.165, 1.54) is 6.07 Å². The van der Waals surface area contributed by atoms with E-state index >= 15 is 0 Å². The Morgan fingerprint density at radius 2 is 1.86 bits per heavy atom. The molecule has 1 heterocycles. The molecule has 3 N–H and O–H groups in total. The highest BCUT2D eigenvalue weighted by atomic mass is 32.2. The lowest BCUT2D eigenvalue weighted by molar-refractivity contribution is 0.0697. The van der Waals surface area contributed by atoms with Crippen LogP contribution in [0.5, 0.6) is 0 Å². The minimum atomic E-state index is -3.92. The van der Waals surface area contributed by atoms with E-state index in [1.807, 2.05) is 0 Å². The average molecular weight is 312 g/mol. The van der Waals surface area contributed by atoms with Crippen LogP contribution in [-0.4, -0.2) is 31.6 Å². The maximum Gasteiger partial charge on any atom is 0.337 e. The van der Waals surface area contributed by atoms with Crippen molar-refractivity contribution in [3.8, 4) is 0 Å². The van der Waals surface area contributed by atoms with Crippen molar-refractivity contribution in [1.82, 2.24) is 0 Å². The third-order valence-corrected chi connectivity index (χ3v) is 4.91. The molecule has 1 aliphatic rings. The van der Waals surface area contributed by atoms with Crippen LogP contribution in [0.1, 0.15) is 43.5 Å². The normalized spacial score (nSPS) is 23.1. The van der Waals surface area contributed by atoms with E-state index in [4.69, 9.17) is 5.14 Å². The van der Waals surface area contributed by atoms with Crippen molar-refractivity contribution in [2.24, 2.45) is 5.14 Å². The van der Waals surface area contributed by atoms with Gasteiger partial charge in [0.25, 0.3) is 0 Å². The zero-order valence-electron chi connectivity index (χ0n) is 12.1. The highest BCUT2D eigenvalue weighted by Crippen LogP contribution is 2.32. The summed E-state index contributed by atoms with van der Waals surface area (Å²) in [5.74, 6) is -1.15. The monoisotopic (exact) mass is 312 g/mol. The predicted molar refractivity (Wildman–Crippen MR) is 80.0 cm³/mol. The standard InChI is InChI=1S/C14H20N2O4S/c1-9-4-3-5-10(2)16(9)13-7-6-11(21(15,19)20)8-12(13)14(17)18/h6-10H,3-5H2,1-2H3,(H,17,18)(H2,15,19,20)/t9-,10+. The van der Waals surface area contributed by atoms with Gasteiger partial charge in [0.1, 0.15) is 0 Å². The van der Waals surface area contributed by atoms with E-state index in [0.717, 1.165) is 25.3 Å². The summed E-state index contributed by atoms with van der Waals surface area (Å²) in [5, 5.41) is 14.5. The molecule has 1 fully saturated rings. The molecule has 7 heteroatoms. The van der Waals surface area contributed by atoms with Crippen LogP contribution in [-0.2, 0) is 10.0 Å². The lowest BCUT2D eigenvalue weighted by Crippen LogP contribution is -2.44. The van der Waals surface area contributed by atoms with Crippen LogP contribution in [0.2, 0.25) is 0 Å². The van der Waals surface area contributed by atoms with Crippen molar-refractivity contribution in [1.29, 1.82) is 0 Å². The second kappa shape index (κ2) is 5.65. The van der Waals surface area contributed by atoms with Crippen molar-refractivity contribution in [2.45, 2.75) is 50.1 Å². The van der Waals surface area contributed by atoms with E-state index in [2.05, 4.69) is 18.7 Å². The third kappa shape index (κ3) is 3.19. The fraction of sp³-hybridized carbons (Fsp3) is 0.500. The summed E-state index contributed by atoms with van der Waals surface area (Å²) in [6, 6.07) is 4.48. The Kier molecular flexibility index (Phi) is 4.25. The number of carbonyl (C=O) groups is 1. The average Bonchev–Trinajstić information content (AvgIpc) is 2.37. The van der Waals surface area contributed by atoms with Crippen molar-refractivity contribution >= 4 is 21.7 Å². The van der Waals surface area contributed by atoms with Gasteiger partial charge in [0.2, 0.25) is 10.0 Å². The minimum absolute atomic E-state index is 0.0258. The first-order valence-corrected chi connectivity index (χ1v) is 8.45. The molecule has 0 aromatic heterocycles. The highest BCUT2D eigenvalue weighted by molar-refractivity contribution is 7.89. The van der Waals surface area contributed by atoms with Gasteiger partial charge in [-0.1, -0.05) is 0 Å². The second-order valence-corrected chi connectivity index (χ2v) is 7.13. The Morgan fingerprint density at radius 3 is 2.33 bits per heavy atom. The van der Waals surface area contributed by atoms with Gasteiger partial charge < -0.3 is 10.0 Å². The molecule has 6 nitrogen and oxygen atoms in total. The number of hydrogen-bond donors (Lipinski definition) is 2. The van der Waals surface area contributed by atoms with Crippen LogP contribution < -0.4 is 10.0 Å². The molecule has 2 rings (SSSR count). The van der Waals surface area contributed by atoms with E-state index in [0.29, 0.717) is 5.69 Å². The van der Waals surface area contributed by atoms with Gasteiger partial charge in [-0.3, -0.25) is 0 Å². The van der Waals surface area contributed by atoms with Gasteiger partial charge in [-0.05, 0) is 51.3 Å². The van der Waals surface area contributed by atoms with Gasteiger partial charge in [-0.15, -0.1) is 0 Å². The van der Waals surface area contributed by atoms with Crippen LogP contribution in [0.4, 0.5) is 5.69 Å². The van der Waals surface area contributed by atoms with Gasteiger partial charge in [-0.2, -0.15) is 0 Å². The Labute approximate surface area is 124 Å². The zero-order chi connectivity index (χ0) is 15.8. The maximum absolute atomic E-state index is 11.5. The molecule has 1 aliphatic heterocycles. The van der Waals surface area contributed by atoms with Gasteiger partial charge in [0.05, 0.1) is 16.1 Å². The number of benzene rings is 1. The van der Waals surface area contributed by atoms with Gasteiger partial charge in [0.15, 0.2) is 0 Å². The Hall–Kier alpha value is -1.60. The number of anilines is 1. The predicted octanol–water partition coefficient (Wildman–Crippen LogP) is 1.80. The number of nitrogens with two attached hydrogens (primary N) is 1. The van der Waals surface area contributed by atoms with Gasteiger partial charge >= 0.3 is 5.97 Å². The second-order valence-electron chi connectivity index (χ2n) is 5.57. The summed E-state index contributed by atoms with van der Waals surface area (Å²) in [5.41, 5.74) is 0.525. The maximum atomic E-state index is 11.5. The summed E-state index contributed by atoms with van der Waals surface area (Å²) in [7, 11) is -3.92. The molecule has 1 saturated heterocycles. The van der Waals surface area contributed by atoms with E-state index in [-0.39, 0.29) is 22.5 Å². The Bertz CT molecular complexity index is 647. The summed E-state index contributed by atoms with van der Waals surface area (Å²) in [6.45, 7) is 4.10. The fourth-order valence-electron chi connectivity index (χ4n) is 2.98. The van der Waals surface area contributed by atoms with E-state index < -0.39 is 16.0 Å². The molecule has 0 bridgehead atoms. The topological polar surface area (TPSA) is 101 Å². The molecule has 1 aromatic rings. The number of carboxylic acid groups (broad SMARTS) is 1. The minimum Gasteiger partial charge on any atom is -0.478 e. The first-order valence-electron chi connectivity index (χ1n) is 6.90. The third-order valence-electron chi connectivity index (χ3n) is 4.00. The number of primary sulfonamides is 1. The van der Waals surface area contributed by atoms with Gasteiger partial charge in [-0.25, -0.2) is 18.4 Å². The van der Waals surface area contributed by atoms with E-state index in [1.54, 1.807) is 6.07 Å². The molecule has 0 radical (unpaired) electrons. The molecule has 2 atom stereocenters. The quantitative estimate of drug-likeness (QED) is 0.886. The number of aromatic carboxylic acids is 1. The number of hydrogen-bond acceptors (Lipinski definition) is 4. The Balaban J connectivity index is 2.55. The van der Waals surface area contributed by atoms with Crippen LogP contribution in [0, 0.1) is 0 Å². The summed E-state index contributed by atoms with van der Waals surface area (Å²) in [6.07, 6.45) is 3.08. The van der Waals surface area contributed by atoms with Crippen molar-refractivity contribution < 1.29 is 18.3 Å². The molecule has 116 valence electrons. The first kappa shape index (κ1) is 15.8. The van der Waals surface area contributed by atoms with Crippen LogP contribution in [0.3, 0.4) is 0 Å². The van der Waals surface area contributed by atoms with Crippen molar-refractivity contribution in [2.75, 3.05) is 4.90 Å². The van der Waals surface area contributed by atoms with E-state index in [9.17, 15) is 18.3 Å². The largest absolute Gasteiger partial charge is 0.478 e. The first-order chi connectivity index (χ1) is 9.71. The van der Waals surface area contributed by atoms with Crippen LogP contribution in [0.25, 0.3) is 0 Å². The fourth-order valence-corrected chi connectivity index (χ4v) is 3.52. The summed E-state index contributed by atoms with van der Waals surface area (Å²) in [4.78, 5) is 13.4. The molecular formula is C14H20N2O4S. The molecule has 21 heavy (non-hydrogen) atoms.